The monoisotopic (exact) mass is 388 g/mol. The molecule has 1 aliphatic heterocycles. The Hall–Kier alpha value is -3.47. The van der Waals surface area contributed by atoms with Crippen LogP contribution in [0.1, 0.15) is 10.4 Å². The van der Waals surface area contributed by atoms with Gasteiger partial charge >= 0.3 is 0 Å². The summed E-state index contributed by atoms with van der Waals surface area (Å²) in [5.74, 6) is 2.41. The van der Waals surface area contributed by atoms with Crippen molar-refractivity contribution in [3.8, 4) is 17.2 Å². The number of ether oxygens (including phenoxy) is 2. The first-order valence-electron chi connectivity index (χ1n) is 9.74. The van der Waals surface area contributed by atoms with E-state index < -0.39 is 0 Å². The minimum absolute atomic E-state index is 0.0608. The van der Waals surface area contributed by atoms with Gasteiger partial charge in [-0.15, -0.1) is 0 Å². The number of carbonyl (C=O) groups is 1. The zero-order valence-electron chi connectivity index (χ0n) is 16.5. The Kier molecular flexibility index (Phi) is 5.66. The largest absolute Gasteiger partial charge is 0.497 e. The number of rotatable bonds is 5. The summed E-state index contributed by atoms with van der Waals surface area (Å²) in [5, 5.41) is 0. The van der Waals surface area contributed by atoms with Crippen LogP contribution in [-0.4, -0.2) is 44.1 Å². The molecule has 0 atom stereocenters. The van der Waals surface area contributed by atoms with Crippen LogP contribution in [0.5, 0.6) is 17.2 Å². The topological polar surface area (TPSA) is 42.0 Å². The first-order chi connectivity index (χ1) is 14.2. The van der Waals surface area contributed by atoms with E-state index in [-0.39, 0.29) is 5.91 Å². The van der Waals surface area contributed by atoms with Crippen molar-refractivity contribution in [1.29, 1.82) is 0 Å². The van der Waals surface area contributed by atoms with Crippen LogP contribution in [-0.2, 0) is 0 Å². The Morgan fingerprint density at radius 1 is 0.724 bits per heavy atom. The second-order valence-corrected chi connectivity index (χ2v) is 6.92. The molecule has 3 aromatic rings. The maximum atomic E-state index is 12.8. The van der Waals surface area contributed by atoms with Gasteiger partial charge in [-0.2, -0.15) is 0 Å². The van der Waals surface area contributed by atoms with E-state index in [2.05, 4.69) is 17.0 Å². The van der Waals surface area contributed by atoms with Crippen molar-refractivity contribution < 1.29 is 14.3 Å². The van der Waals surface area contributed by atoms with Crippen molar-refractivity contribution in [3.63, 3.8) is 0 Å². The Morgan fingerprint density at radius 3 is 1.93 bits per heavy atom. The van der Waals surface area contributed by atoms with Gasteiger partial charge in [0.25, 0.3) is 5.91 Å². The highest BCUT2D eigenvalue weighted by atomic mass is 16.5. The molecule has 1 amide bonds. The van der Waals surface area contributed by atoms with E-state index in [1.54, 1.807) is 7.11 Å². The molecule has 0 spiro atoms. The molecular weight excluding hydrogens is 364 g/mol. The summed E-state index contributed by atoms with van der Waals surface area (Å²) < 4.78 is 11.0. The number of amides is 1. The molecule has 1 saturated heterocycles. The number of benzene rings is 3. The Bertz CT molecular complexity index is 932. The van der Waals surface area contributed by atoms with Crippen LogP contribution in [0.4, 0.5) is 5.69 Å². The van der Waals surface area contributed by atoms with E-state index in [4.69, 9.17) is 9.47 Å². The lowest BCUT2D eigenvalue weighted by Gasteiger charge is -2.36. The number of nitrogens with zero attached hydrogens (tertiary/aromatic N) is 2. The van der Waals surface area contributed by atoms with Crippen molar-refractivity contribution in [3.05, 3.63) is 84.4 Å². The molecule has 3 aromatic carbocycles. The number of anilines is 1. The van der Waals surface area contributed by atoms with E-state index in [0.29, 0.717) is 18.7 Å². The van der Waals surface area contributed by atoms with Crippen LogP contribution < -0.4 is 14.4 Å². The number of piperazine rings is 1. The number of para-hydroxylation sites is 1. The van der Waals surface area contributed by atoms with Gasteiger partial charge in [-0.3, -0.25) is 4.79 Å². The predicted octanol–water partition coefficient (Wildman–Crippen LogP) is 4.45. The third-order valence-electron chi connectivity index (χ3n) is 5.08. The molecule has 0 saturated carbocycles. The first-order valence-corrected chi connectivity index (χ1v) is 9.74. The molecule has 29 heavy (non-hydrogen) atoms. The fourth-order valence-corrected chi connectivity index (χ4v) is 3.43. The van der Waals surface area contributed by atoms with Gasteiger partial charge in [0.05, 0.1) is 7.11 Å². The molecule has 0 aliphatic carbocycles. The van der Waals surface area contributed by atoms with Crippen LogP contribution >= 0.6 is 0 Å². The van der Waals surface area contributed by atoms with Crippen LogP contribution in [0.3, 0.4) is 0 Å². The van der Waals surface area contributed by atoms with E-state index in [0.717, 1.165) is 36.0 Å². The van der Waals surface area contributed by atoms with Crippen molar-refractivity contribution in [2.24, 2.45) is 0 Å². The summed E-state index contributed by atoms with van der Waals surface area (Å²) in [7, 11) is 1.67. The van der Waals surface area contributed by atoms with Crippen molar-refractivity contribution in [2.45, 2.75) is 0 Å². The van der Waals surface area contributed by atoms with E-state index >= 15 is 0 Å². The van der Waals surface area contributed by atoms with Gasteiger partial charge in [0.15, 0.2) is 0 Å². The van der Waals surface area contributed by atoms with Crippen molar-refractivity contribution in [2.75, 3.05) is 38.2 Å². The Labute approximate surface area is 171 Å². The normalized spacial score (nSPS) is 13.8. The molecule has 148 valence electrons. The maximum absolute atomic E-state index is 12.8. The Morgan fingerprint density at radius 2 is 1.31 bits per heavy atom. The van der Waals surface area contributed by atoms with Gasteiger partial charge in [-0.05, 0) is 60.7 Å². The quantitative estimate of drug-likeness (QED) is 0.648. The number of carbonyl (C=O) groups excluding carboxylic acids is 1. The highest BCUT2D eigenvalue weighted by Gasteiger charge is 2.22. The van der Waals surface area contributed by atoms with Crippen molar-refractivity contribution in [1.82, 2.24) is 4.90 Å². The second kappa shape index (κ2) is 8.69. The standard InChI is InChI=1S/C24H24N2O3/c1-28-21-13-9-20(10-14-21)25-15-17-26(18-16-25)24(27)19-7-11-23(12-8-19)29-22-5-3-2-4-6-22/h2-14H,15-18H2,1H3. The smallest absolute Gasteiger partial charge is 0.253 e. The lowest BCUT2D eigenvalue weighted by Crippen LogP contribution is -2.48. The van der Waals surface area contributed by atoms with Gasteiger partial charge in [0, 0.05) is 37.4 Å². The average molecular weight is 388 g/mol. The summed E-state index contributed by atoms with van der Waals surface area (Å²) in [6.07, 6.45) is 0. The molecule has 0 N–H and O–H groups in total. The van der Waals surface area contributed by atoms with Crippen LogP contribution in [0, 0.1) is 0 Å². The first kappa shape index (κ1) is 18.9. The summed E-state index contributed by atoms with van der Waals surface area (Å²) in [4.78, 5) is 17.0. The molecule has 0 bridgehead atoms. The molecule has 0 radical (unpaired) electrons. The summed E-state index contributed by atoms with van der Waals surface area (Å²) in [5.41, 5.74) is 1.84. The summed E-state index contributed by atoms with van der Waals surface area (Å²) in [6, 6.07) is 25.0. The molecule has 1 aliphatic rings. The molecule has 0 unspecified atom stereocenters. The van der Waals surface area contributed by atoms with Gasteiger partial charge in [0.2, 0.25) is 0 Å². The highest BCUT2D eigenvalue weighted by molar-refractivity contribution is 5.94. The molecule has 1 heterocycles. The summed E-state index contributed by atoms with van der Waals surface area (Å²) in [6.45, 7) is 3.03. The average Bonchev–Trinajstić information content (AvgIpc) is 2.80. The summed E-state index contributed by atoms with van der Waals surface area (Å²) >= 11 is 0. The maximum Gasteiger partial charge on any atom is 0.253 e. The zero-order chi connectivity index (χ0) is 20.1. The lowest BCUT2D eigenvalue weighted by molar-refractivity contribution is 0.0747. The van der Waals surface area contributed by atoms with E-state index in [1.165, 1.54) is 0 Å². The minimum atomic E-state index is 0.0608. The van der Waals surface area contributed by atoms with E-state index in [1.807, 2.05) is 71.6 Å². The number of hydrogen-bond donors (Lipinski definition) is 0. The fourth-order valence-electron chi connectivity index (χ4n) is 3.43. The molecule has 1 fully saturated rings. The van der Waals surface area contributed by atoms with Gasteiger partial charge in [-0.1, -0.05) is 18.2 Å². The van der Waals surface area contributed by atoms with Gasteiger partial charge in [-0.25, -0.2) is 0 Å². The zero-order valence-corrected chi connectivity index (χ0v) is 16.5. The van der Waals surface area contributed by atoms with E-state index in [9.17, 15) is 4.79 Å². The molecular formula is C24H24N2O3. The third-order valence-corrected chi connectivity index (χ3v) is 5.08. The number of hydrogen-bond acceptors (Lipinski definition) is 4. The van der Waals surface area contributed by atoms with Crippen LogP contribution in [0.2, 0.25) is 0 Å². The molecule has 4 rings (SSSR count). The molecule has 0 aromatic heterocycles. The minimum Gasteiger partial charge on any atom is -0.497 e. The third kappa shape index (κ3) is 4.51. The van der Waals surface area contributed by atoms with Crippen molar-refractivity contribution >= 4 is 11.6 Å². The van der Waals surface area contributed by atoms with Gasteiger partial charge < -0.3 is 19.3 Å². The van der Waals surface area contributed by atoms with Gasteiger partial charge in [0.1, 0.15) is 17.2 Å². The SMILES string of the molecule is COc1ccc(N2CCN(C(=O)c3ccc(Oc4ccccc4)cc3)CC2)cc1. The van der Waals surface area contributed by atoms with Crippen LogP contribution in [0.25, 0.3) is 0 Å². The van der Waals surface area contributed by atoms with Crippen LogP contribution in [0.15, 0.2) is 78.9 Å². The fraction of sp³-hybridized carbons (Fsp3) is 0.208. The molecule has 5 heteroatoms. The Balaban J connectivity index is 1.34. The lowest BCUT2D eigenvalue weighted by atomic mass is 10.1. The predicted molar refractivity (Wildman–Crippen MR) is 114 cm³/mol. The number of methoxy groups -OCH3 is 1. The highest BCUT2D eigenvalue weighted by Crippen LogP contribution is 2.23. The second-order valence-electron chi connectivity index (χ2n) is 6.92. The molecule has 5 nitrogen and oxygen atoms in total.